The van der Waals surface area contributed by atoms with E-state index in [4.69, 9.17) is 0 Å². The van der Waals surface area contributed by atoms with Crippen molar-refractivity contribution in [2.75, 3.05) is 26.2 Å². The number of rotatable bonds is 8. The number of amides is 1. The minimum atomic E-state index is 0.105. The first kappa shape index (κ1) is 16.7. The molecule has 0 aromatic heterocycles. The highest BCUT2D eigenvalue weighted by molar-refractivity contribution is 5.78. The molecular formula is C20H25N3O. The Balaban J connectivity index is 1.58. The summed E-state index contributed by atoms with van der Waals surface area (Å²) in [6, 6.07) is 20.6. The molecule has 1 fully saturated rings. The van der Waals surface area contributed by atoms with Gasteiger partial charge >= 0.3 is 0 Å². The fourth-order valence-corrected chi connectivity index (χ4v) is 2.86. The van der Waals surface area contributed by atoms with Crippen molar-refractivity contribution in [3.8, 4) is 0 Å². The molecule has 0 saturated carbocycles. The average Bonchev–Trinajstić information content (AvgIpc) is 2.55. The summed E-state index contributed by atoms with van der Waals surface area (Å²) in [5, 5.41) is 6.30. The molecule has 1 heterocycles. The number of hydrogen-bond donors (Lipinski definition) is 2. The highest BCUT2D eigenvalue weighted by atomic mass is 16.2. The second kappa shape index (κ2) is 8.62. The van der Waals surface area contributed by atoms with Crippen LogP contribution in [0.1, 0.15) is 11.1 Å². The Morgan fingerprint density at radius 3 is 1.96 bits per heavy atom. The summed E-state index contributed by atoms with van der Waals surface area (Å²) in [6.07, 6.45) is 0. The number of nitrogens with zero attached hydrogens (tertiary/aromatic N) is 1. The molecule has 24 heavy (non-hydrogen) atoms. The lowest BCUT2D eigenvalue weighted by Crippen LogP contribution is -2.49. The van der Waals surface area contributed by atoms with Gasteiger partial charge in [0.15, 0.2) is 0 Å². The second-order valence-electron chi connectivity index (χ2n) is 6.44. The van der Waals surface area contributed by atoms with E-state index in [0.29, 0.717) is 12.5 Å². The summed E-state index contributed by atoms with van der Waals surface area (Å²) in [5.74, 6) is 0.694. The molecule has 2 aromatic carbocycles. The zero-order valence-corrected chi connectivity index (χ0v) is 13.9. The van der Waals surface area contributed by atoms with Gasteiger partial charge in [-0.3, -0.25) is 9.69 Å². The number of carbonyl (C=O) groups is 1. The van der Waals surface area contributed by atoms with Crippen LogP contribution in [0.25, 0.3) is 0 Å². The predicted molar refractivity (Wildman–Crippen MR) is 96.4 cm³/mol. The average molecular weight is 323 g/mol. The summed E-state index contributed by atoms with van der Waals surface area (Å²) < 4.78 is 0. The second-order valence-corrected chi connectivity index (χ2v) is 6.44. The predicted octanol–water partition coefficient (Wildman–Crippen LogP) is 2.02. The lowest BCUT2D eigenvalue weighted by Gasteiger charge is -2.28. The van der Waals surface area contributed by atoms with Crippen molar-refractivity contribution in [1.29, 1.82) is 0 Å². The van der Waals surface area contributed by atoms with Crippen molar-refractivity contribution < 1.29 is 4.79 Å². The zero-order chi connectivity index (χ0) is 16.6. The minimum Gasteiger partial charge on any atom is -0.355 e. The van der Waals surface area contributed by atoms with Gasteiger partial charge in [-0.15, -0.1) is 0 Å². The maximum Gasteiger partial charge on any atom is 0.234 e. The molecule has 0 bridgehead atoms. The molecule has 3 rings (SSSR count). The van der Waals surface area contributed by atoms with Gasteiger partial charge in [-0.05, 0) is 11.1 Å². The van der Waals surface area contributed by atoms with E-state index < -0.39 is 0 Å². The largest absolute Gasteiger partial charge is 0.355 e. The van der Waals surface area contributed by atoms with Gasteiger partial charge in [-0.1, -0.05) is 60.7 Å². The Morgan fingerprint density at radius 1 is 0.958 bits per heavy atom. The third kappa shape index (κ3) is 5.18. The molecule has 0 spiro atoms. The van der Waals surface area contributed by atoms with Crippen molar-refractivity contribution >= 4 is 5.91 Å². The van der Waals surface area contributed by atoms with Crippen molar-refractivity contribution in [3.63, 3.8) is 0 Å². The van der Waals surface area contributed by atoms with Crippen LogP contribution in [0.15, 0.2) is 60.7 Å². The Labute approximate surface area is 143 Å². The van der Waals surface area contributed by atoms with Gasteiger partial charge in [0, 0.05) is 38.6 Å². The molecule has 0 radical (unpaired) electrons. The van der Waals surface area contributed by atoms with E-state index in [0.717, 1.165) is 32.7 Å². The first-order valence-corrected chi connectivity index (χ1v) is 8.57. The lowest BCUT2D eigenvalue weighted by molar-refractivity contribution is -0.122. The van der Waals surface area contributed by atoms with Crippen LogP contribution < -0.4 is 10.6 Å². The van der Waals surface area contributed by atoms with Crippen LogP contribution in [0.4, 0.5) is 0 Å². The summed E-state index contributed by atoms with van der Waals surface area (Å²) >= 11 is 0. The molecule has 1 aliphatic rings. The summed E-state index contributed by atoms with van der Waals surface area (Å²) in [7, 11) is 0. The van der Waals surface area contributed by atoms with Crippen LogP contribution in [0, 0.1) is 5.92 Å². The van der Waals surface area contributed by atoms with Crippen LogP contribution in [0.2, 0.25) is 0 Å². The van der Waals surface area contributed by atoms with Crippen LogP contribution in [0.5, 0.6) is 0 Å². The molecule has 126 valence electrons. The third-order valence-corrected chi connectivity index (χ3v) is 4.32. The Hall–Kier alpha value is -2.17. The summed E-state index contributed by atoms with van der Waals surface area (Å²) in [4.78, 5) is 14.5. The van der Waals surface area contributed by atoms with Gasteiger partial charge in [0.1, 0.15) is 0 Å². The first-order valence-electron chi connectivity index (χ1n) is 8.57. The van der Waals surface area contributed by atoms with Crippen LogP contribution >= 0.6 is 0 Å². The van der Waals surface area contributed by atoms with Gasteiger partial charge in [-0.25, -0.2) is 0 Å². The lowest BCUT2D eigenvalue weighted by atomic mass is 10.0. The van der Waals surface area contributed by atoms with Gasteiger partial charge in [-0.2, -0.15) is 0 Å². The van der Waals surface area contributed by atoms with Crippen molar-refractivity contribution in [3.05, 3.63) is 71.8 Å². The number of hydrogen-bond acceptors (Lipinski definition) is 3. The smallest absolute Gasteiger partial charge is 0.234 e. The maximum atomic E-state index is 12.3. The molecule has 2 aromatic rings. The fourth-order valence-electron chi connectivity index (χ4n) is 2.86. The highest BCUT2D eigenvalue weighted by Crippen LogP contribution is 2.10. The van der Waals surface area contributed by atoms with Crippen LogP contribution in [-0.4, -0.2) is 37.0 Å². The SMILES string of the molecule is O=C(CN(Cc1ccccc1)Cc1ccccc1)NCC1CNC1. The van der Waals surface area contributed by atoms with Crippen LogP contribution in [-0.2, 0) is 17.9 Å². The quantitative estimate of drug-likeness (QED) is 0.781. The molecule has 2 N–H and O–H groups in total. The number of benzene rings is 2. The van der Waals surface area contributed by atoms with Gasteiger partial charge < -0.3 is 10.6 Å². The van der Waals surface area contributed by atoms with E-state index >= 15 is 0 Å². The maximum absolute atomic E-state index is 12.3. The molecule has 4 nitrogen and oxygen atoms in total. The summed E-state index contributed by atoms with van der Waals surface area (Å²) in [6.45, 7) is 4.76. The molecule has 1 aliphatic heterocycles. The van der Waals surface area contributed by atoms with Gasteiger partial charge in [0.05, 0.1) is 6.54 Å². The van der Waals surface area contributed by atoms with E-state index in [9.17, 15) is 4.79 Å². The fraction of sp³-hybridized carbons (Fsp3) is 0.350. The minimum absolute atomic E-state index is 0.105. The number of carbonyl (C=O) groups excluding carboxylic acids is 1. The van der Waals surface area contributed by atoms with E-state index in [1.165, 1.54) is 11.1 Å². The molecule has 0 aliphatic carbocycles. The van der Waals surface area contributed by atoms with Crippen molar-refractivity contribution in [2.45, 2.75) is 13.1 Å². The number of nitrogens with one attached hydrogen (secondary N) is 2. The molecule has 1 amide bonds. The Morgan fingerprint density at radius 2 is 1.50 bits per heavy atom. The zero-order valence-electron chi connectivity index (χ0n) is 13.9. The normalized spacial score (nSPS) is 14.4. The first-order chi connectivity index (χ1) is 11.8. The van der Waals surface area contributed by atoms with E-state index in [2.05, 4.69) is 39.8 Å². The molecule has 4 heteroatoms. The standard InChI is InChI=1S/C20H25N3O/c24-20(22-13-19-11-21-12-19)16-23(14-17-7-3-1-4-8-17)15-18-9-5-2-6-10-18/h1-10,19,21H,11-16H2,(H,22,24). The molecule has 0 atom stereocenters. The van der Waals surface area contributed by atoms with E-state index in [1.807, 2.05) is 36.4 Å². The Bertz CT molecular complexity index is 584. The monoisotopic (exact) mass is 323 g/mol. The molecule has 0 unspecified atom stereocenters. The van der Waals surface area contributed by atoms with Gasteiger partial charge in [0.2, 0.25) is 5.91 Å². The molecular weight excluding hydrogens is 298 g/mol. The highest BCUT2D eigenvalue weighted by Gasteiger charge is 2.18. The van der Waals surface area contributed by atoms with Crippen LogP contribution in [0.3, 0.4) is 0 Å². The topological polar surface area (TPSA) is 44.4 Å². The van der Waals surface area contributed by atoms with E-state index in [-0.39, 0.29) is 5.91 Å². The van der Waals surface area contributed by atoms with E-state index in [1.54, 1.807) is 0 Å². The van der Waals surface area contributed by atoms with Crippen molar-refractivity contribution in [1.82, 2.24) is 15.5 Å². The summed E-state index contributed by atoms with van der Waals surface area (Å²) in [5.41, 5.74) is 2.45. The van der Waals surface area contributed by atoms with Crippen molar-refractivity contribution in [2.24, 2.45) is 5.92 Å². The Kier molecular flexibility index (Phi) is 5.99. The molecule has 1 saturated heterocycles. The third-order valence-electron chi connectivity index (χ3n) is 4.32. The van der Waals surface area contributed by atoms with Gasteiger partial charge in [0.25, 0.3) is 0 Å².